The van der Waals surface area contributed by atoms with Gasteiger partial charge in [-0.1, -0.05) is 54.4 Å². The molecule has 0 saturated heterocycles. The topological polar surface area (TPSA) is 38.3 Å². The highest BCUT2D eigenvalue weighted by Crippen LogP contribution is 2.36. The van der Waals surface area contributed by atoms with Gasteiger partial charge in [0, 0.05) is 5.69 Å². The molecule has 0 aliphatic heterocycles. The lowest BCUT2D eigenvalue weighted by Crippen LogP contribution is -2.15. The van der Waals surface area contributed by atoms with Gasteiger partial charge in [0.2, 0.25) is 0 Å². The summed E-state index contributed by atoms with van der Waals surface area (Å²) in [4.78, 5) is 12.0. The standard InChI is InChI=1S/C17H17Cl2NO2/c1-3-11(17(21)22-2)12-7-4-5-10-15(12)20-16-13(18)8-6-9-14(16)19/h4-11,20H,3H2,1-2H3. The van der Waals surface area contributed by atoms with E-state index in [2.05, 4.69) is 5.32 Å². The third-order valence-corrected chi connectivity index (χ3v) is 4.08. The highest BCUT2D eigenvalue weighted by Gasteiger charge is 2.22. The molecule has 0 aromatic heterocycles. The molecule has 0 heterocycles. The molecule has 2 aromatic rings. The Labute approximate surface area is 140 Å². The average Bonchev–Trinajstić information content (AvgIpc) is 2.53. The van der Waals surface area contributed by atoms with Crippen molar-refractivity contribution >= 4 is 40.5 Å². The predicted molar refractivity (Wildman–Crippen MR) is 91.2 cm³/mol. The number of carbonyl (C=O) groups is 1. The normalized spacial score (nSPS) is 11.8. The Balaban J connectivity index is 2.42. The van der Waals surface area contributed by atoms with Crippen molar-refractivity contribution in [3.8, 4) is 0 Å². The van der Waals surface area contributed by atoms with Crippen molar-refractivity contribution < 1.29 is 9.53 Å². The zero-order valence-electron chi connectivity index (χ0n) is 12.4. The molecule has 1 unspecified atom stereocenters. The number of carbonyl (C=O) groups excluding carboxylic acids is 1. The number of anilines is 2. The zero-order chi connectivity index (χ0) is 16.1. The Bertz CT molecular complexity index is 653. The largest absolute Gasteiger partial charge is 0.469 e. The van der Waals surface area contributed by atoms with Crippen molar-refractivity contribution in [2.45, 2.75) is 19.3 Å². The number of benzene rings is 2. The molecule has 5 heteroatoms. The summed E-state index contributed by atoms with van der Waals surface area (Å²) in [6.45, 7) is 1.95. The molecule has 0 radical (unpaired) electrons. The Morgan fingerprint density at radius 3 is 2.36 bits per heavy atom. The van der Waals surface area contributed by atoms with Crippen LogP contribution in [0.1, 0.15) is 24.8 Å². The number of nitrogens with one attached hydrogen (secondary N) is 1. The predicted octanol–water partition coefficient (Wildman–Crippen LogP) is 5.40. The number of rotatable bonds is 5. The third-order valence-electron chi connectivity index (χ3n) is 3.45. The number of hydrogen-bond donors (Lipinski definition) is 1. The first-order valence-electron chi connectivity index (χ1n) is 6.96. The van der Waals surface area contributed by atoms with E-state index in [0.717, 1.165) is 11.3 Å². The molecule has 116 valence electrons. The average molecular weight is 338 g/mol. The summed E-state index contributed by atoms with van der Waals surface area (Å²) in [6, 6.07) is 12.9. The van der Waals surface area contributed by atoms with E-state index in [1.54, 1.807) is 18.2 Å². The molecule has 0 fully saturated rings. The molecular formula is C17H17Cl2NO2. The van der Waals surface area contributed by atoms with Gasteiger partial charge in [-0.05, 0) is 30.2 Å². The number of hydrogen-bond acceptors (Lipinski definition) is 3. The Hall–Kier alpha value is -1.71. The van der Waals surface area contributed by atoms with Gasteiger partial charge in [-0.2, -0.15) is 0 Å². The molecular weight excluding hydrogens is 321 g/mol. The molecule has 22 heavy (non-hydrogen) atoms. The summed E-state index contributed by atoms with van der Waals surface area (Å²) >= 11 is 12.4. The summed E-state index contributed by atoms with van der Waals surface area (Å²) in [5, 5.41) is 4.27. The van der Waals surface area contributed by atoms with Gasteiger partial charge in [0.25, 0.3) is 0 Å². The van der Waals surface area contributed by atoms with Gasteiger partial charge in [-0.15, -0.1) is 0 Å². The van der Waals surface area contributed by atoms with E-state index >= 15 is 0 Å². The molecule has 0 amide bonds. The SMILES string of the molecule is CCC(C(=O)OC)c1ccccc1Nc1c(Cl)cccc1Cl. The fraction of sp³-hybridized carbons (Fsp3) is 0.235. The van der Waals surface area contributed by atoms with Gasteiger partial charge >= 0.3 is 5.97 Å². The first kappa shape index (κ1) is 16.7. The Morgan fingerprint density at radius 1 is 1.14 bits per heavy atom. The van der Waals surface area contributed by atoms with E-state index in [1.165, 1.54) is 7.11 Å². The summed E-state index contributed by atoms with van der Waals surface area (Å²) in [6.07, 6.45) is 0.640. The third kappa shape index (κ3) is 3.54. The van der Waals surface area contributed by atoms with E-state index in [4.69, 9.17) is 27.9 Å². The van der Waals surface area contributed by atoms with E-state index in [-0.39, 0.29) is 11.9 Å². The fourth-order valence-corrected chi connectivity index (χ4v) is 2.81. The molecule has 0 aliphatic carbocycles. The first-order chi connectivity index (χ1) is 10.6. The van der Waals surface area contributed by atoms with Crippen LogP contribution in [0.5, 0.6) is 0 Å². The van der Waals surface area contributed by atoms with Crippen molar-refractivity contribution in [3.05, 3.63) is 58.1 Å². The molecule has 1 N–H and O–H groups in total. The highest BCUT2D eigenvalue weighted by atomic mass is 35.5. The van der Waals surface area contributed by atoms with Crippen molar-refractivity contribution in [2.75, 3.05) is 12.4 Å². The van der Waals surface area contributed by atoms with Crippen LogP contribution >= 0.6 is 23.2 Å². The number of esters is 1. The molecule has 0 bridgehead atoms. The van der Waals surface area contributed by atoms with Gasteiger partial charge in [0.05, 0.1) is 28.8 Å². The molecule has 1 atom stereocenters. The van der Waals surface area contributed by atoms with Gasteiger partial charge in [0.15, 0.2) is 0 Å². The van der Waals surface area contributed by atoms with Crippen LogP contribution in [0, 0.1) is 0 Å². The minimum atomic E-state index is -0.338. The van der Waals surface area contributed by atoms with E-state index in [1.807, 2.05) is 31.2 Å². The van der Waals surface area contributed by atoms with Crippen LogP contribution in [0.4, 0.5) is 11.4 Å². The molecule has 0 spiro atoms. The minimum Gasteiger partial charge on any atom is -0.469 e. The van der Waals surface area contributed by atoms with Crippen LogP contribution in [0.15, 0.2) is 42.5 Å². The number of ether oxygens (including phenoxy) is 1. The first-order valence-corrected chi connectivity index (χ1v) is 7.71. The van der Waals surface area contributed by atoms with Crippen molar-refractivity contribution in [1.82, 2.24) is 0 Å². The summed E-state index contributed by atoms with van der Waals surface area (Å²) in [5.74, 6) is -0.600. The Kier molecular flexibility index (Phi) is 5.69. The molecule has 2 aromatic carbocycles. The Morgan fingerprint density at radius 2 is 1.77 bits per heavy atom. The maximum atomic E-state index is 12.0. The smallest absolute Gasteiger partial charge is 0.313 e. The van der Waals surface area contributed by atoms with E-state index < -0.39 is 0 Å². The van der Waals surface area contributed by atoms with Gasteiger partial charge < -0.3 is 10.1 Å². The van der Waals surface area contributed by atoms with Crippen LogP contribution in [0.25, 0.3) is 0 Å². The second-order valence-electron chi connectivity index (χ2n) is 4.79. The van der Waals surface area contributed by atoms with Crippen molar-refractivity contribution in [1.29, 1.82) is 0 Å². The lowest BCUT2D eigenvalue weighted by atomic mass is 9.95. The maximum absolute atomic E-state index is 12.0. The molecule has 2 rings (SSSR count). The lowest BCUT2D eigenvalue weighted by Gasteiger charge is -2.19. The van der Waals surface area contributed by atoms with E-state index in [9.17, 15) is 4.79 Å². The molecule has 3 nitrogen and oxygen atoms in total. The second-order valence-corrected chi connectivity index (χ2v) is 5.61. The van der Waals surface area contributed by atoms with Gasteiger partial charge in [-0.25, -0.2) is 0 Å². The fourth-order valence-electron chi connectivity index (χ4n) is 2.32. The van der Waals surface area contributed by atoms with Crippen LogP contribution in [-0.2, 0) is 9.53 Å². The van der Waals surface area contributed by atoms with E-state index in [0.29, 0.717) is 22.2 Å². The quantitative estimate of drug-likeness (QED) is 0.742. The van der Waals surface area contributed by atoms with Crippen molar-refractivity contribution in [3.63, 3.8) is 0 Å². The summed E-state index contributed by atoms with van der Waals surface area (Å²) < 4.78 is 4.89. The van der Waals surface area contributed by atoms with Crippen LogP contribution in [0.3, 0.4) is 0 Å². The lowest BCUT2D eigenvalue weighted by molar-refractivity contribution is -0.142. The monoisotopic (exact) mass is 337 g/mol. The van der Waals surface area contributed by atoms with Crippen LogP contribution in [-0.4, -0.2) is 13.1 Å². The summed E-state index contributed by atoms with van der Waals surface area (Å²) in [5.41, 5.74) is 2.26. The van der Waals surface area contributed by atoms with Crippen LogP contribution in [0.2, 0.25) is 10.0 Å². The molecule has 0 aliphatic rings. The molecule has 0 saturated carbocycles. The maximum Gasteiger partial charge on any atom is 0.313 e. The second kappa shape index (κ2) is 7.52. The zero-order valence-corrected chi connectivity index (χ0v) is 13.9. The number of para-hydroxylation sites is 2. The van der Waals surface area contributed by atoms with Gasteiger partial charge in [-0.3, -0.25) is 4.79 Å². The number of halogens is 2. The summed E-state index contributed by atoms with van der Waals surface area (Å²) in [7, 11) is 1.39. The van der Waals surface area contributed by atoms with Crippen molar-refractivity contribution in [2.24, 2.45) is 0 Å². The number of methoxy groups -OCH3 is 1. The highest BCUT2D eigenvalue weighted by molar-refractivity contribution is 6.39. The van der Waals surface area contributed by atoms with Crippen LogP contribution < -0.4 is 5.32 Å². The minimum absolute atomic E-state index is 0.262. The van der Waals surface area contributed by atoms with Gasteiger partial charge in [0.1, 0.15) is 0 Å².